The largest absolute Gasteiger partial charge is 0.314 e. The maximum atomic E-state index is 4.78. The first-order valence-electron chi connectivity index (χ1n) is 6.51. The Morgan fingerprint density at radius 1 is 1.26 bits per heavy atom. The quantitative estimate of drug-likeness (QED) is 0.865. The highest BCUT2D eigenvalue weighted by molar-refractivity contribution is 7.99. The van der Waals surface area contributed by atoms with Gasteiger partial charge in [0, 0.05) is 12.3 Å². The molecule has 4 heteroatoms. The molecule has 0 saturated heterocycles. The van der Waals surface area contributed by atoms with E-state index in [1.54, 1.807) is 0 Å². The van der Waals surface area contributed by atoms with Crippen LogP contribution in [0.5, 0.6) is 0 Å². The fourth-order valence-electron chi connectivity index (χ4n) is 1.80. The Kier molecular flexibility index (Phi) is 5.43. The standard InChI is InChI=1S/C15H20N2S2/c1-11(2)18-10-14-17-13(9-16-3)15(19-14)12-7-5-4-6-8-12/h4-8,11,16H,9-10H2,1-3H3. The summed E-state index contributed by atoms with van der Waals surface area (Å²) in [5.74, 6) is 1.01. The summed E-state index contributed by atoms with van der Waals surface area (Å²) in [6.45, 7) is 5.28. The third-order valence-corrected chi connectivity index (χ3v) is 5.10. The van der Waals surface area contributed by atoms with E-state index in [9.17, 15) is 0 Å². The van der Waals surface area contributed by atoms with Crippen LogP contribution in [-0.4, -0.2) is 17.3 Å². The van der Waals surface area contributed by atoms with Gasteiger partial charge in [0.25, 0.3) is 0 Å². The highest BCUT2D eigenvalue weighted by atomic mass is 32.2. The number of thiazole rings is 1. The van der Waals surface area contributed by atoms with Crippen molar-refractivity contribution in [3.05, 3.63) is 41.0 Å². The molecule has 0 radical (unpaired) electrons. The van der Waals surface area contributed by atoms with Crippen LogP contribution >= 0.6 is 23.1 Å². The lowest BCUT2D eigenvalue weighted by Gasteiger charge is -2.00. The second kappa shape index (κ2) is 7.08. The third-order valence-electron chi connectivity index (χ3n) is 2.66. The number of benzene rings is 1. The molecule has 0 bridgehead atoms. The summed E-state index contributed by atoms with van der Waals surface area (Å²) >= 11 is 3.77. The topological polar surface area (TPSA) is 24.9 Å². The molecule has 0 fully saturated rings. The van der Waals surface area contributed by atoms with Gasteiger partial charge in [0.2, 0.25) is 0 Å². The highest BCUT2D eigenvalue weighted by Gasteiger charge is 2.12. The van der Waals surface area contributed by atoms with E-state index in [-0.39, 0.29) is 0 Å². The van der Waals surface area contributed by atoms with Crippen LogP contribution in [0.4, 0.5) is 0 Å². The van der Waals surface area contributed by atoms with E-state index in [1.807, 2.05) is 30.1 Å². The maximum absolute atomic E-state index is 4.78. The molecule has 1 heterocycles. The van der Waals surface area contributed by atoms with E-state index >= 15 is 0 Å². The minimum absolute atomic E-state index is 0.650. The van der Waals surface area contributed by atoms with Gasteiger partial charge in [-0.2, -0.15) is 11.8 Å². The van der Waals surface area contributed by atoms with E-state index in [2.05, 4.69) is 49.5 Å². The number of rotatable bonds is 6. The van der Waals surface area contributed by atoms with E-state index in [0.29, 0.717) is 5.25 Å². The van der Waals surface area contributed by atoms with Crippen molar-refractivity contribution in [2.24, 2.45) is 0 Å². The summed E-state index contributed by atoms with van der Waals surface area (Å²) in [4.78, 5) is 6.08. The van der Waals surface area contributed by atoms with Crippen molar-refractivity contribution in [2.45, 2.75) is 31.4 Å². The molecule has 0 saturated carbocycles. The average molecular weight is 292 g/mol. The van der Waals surface area contributed by atoms with Gasteiger partial charge in [-0.3, -0.25) is 0 Å². The number of nitrogens with one attached hydrogen (secondary N) is 1. The zero-order valence-corrected chi connectivity index (χ0v) is 13.3. The van der Waals surface area contributed by atoms with Crippen LogP contribution < -0.4 is 5.32 Å². The van der Waals surface area contributed by atoms with Crippen molar-refractivity contribution in [2.75, 3.05) is 7.05 Å². The van der Waals surface area contributed by atoms with Gasteiger partial charge in [-0.05, 0) is 17.9 Å². The molecule has 0 unspecified atom stereocenters. The summed E-state index contributed by atoms with van der Waals surface area (Å²) in [5, 5.41) is 5.08. The van der Waals surface area contributed by atoms with Crippen LogP contribution in [0.2, 0.25) is 0 Å². The Hall–Kier alpha value is -0.840. The zero-order valence-electron chi connectivity index (χ0n) is 11.6. The number of hydrogen-bond donors (Lipinski definition) is 1. The molecule has 102 valence electrons. The van der Waals surface area contributed by atoms with Gasteiger partial charge in [0.1, 0.15) is 5.01 Å². The van der Waals surface area contributed by atoms with Gasteiger partial charge in [0.05, 0.1) is 10.6 Å². The Morgan fingerprint density at radius 3 is 2.63 bits per heavy atom. The molecule has 1 aromatic carbocycles. The molecular formula is C15H20N2S2. The minimum atomic E-state index is 0.650. The number of hydrogen-bond acceptors (Lipinski definition) is 4. The lowest BCUT2D eigenvalue weighted by atomic mass is 10.1. The molecule has 0 aliphatic carbocycles. The predicted molar refractivity (Wildman–Crippen MR) is 86.7 cm³/mol. The maximum Gasteiger partial charge on any atom is 0.103 e. The molecule has 1 N–H and O–H groups in total. The first-order chi connectivity index (χ1) is 9.20. The van der Waals surface area contributed by atoms with Crippen LogP contribution in [-0.2, 0) is 12.3 Å². The van der Waals surface area contributed by atoms with Crippen molar-refractivity contribution in [3.63, 3.8) is 0 Å². The van der Waals surface area contributed by atoms with Crippen LogP contribution in [0.3, 0.4) is 0 Å². The summed E-state index contributed by atoms with van der Waals surface area (Å²) in [7, 11) is 1.97. The number of aromatic nitrogens is 1. The van der Waals surface area contributed by atoms with Crippen molar-refractivity contribution in [1.29, 1.82) is 0 Å². The highest BCUT2D eigenvalue weighted by Crippen LogP contribution is 2.32. The molecule has 0 atom stereocenters. The van der Waals surface area contributed by atoms with Crippen molar-refractivity contribution in [1.82, 2.24) is 10.3 Å². The molecule has 2 aromatic rings. The van der Waals surface area contributed by atoms with Crippen LogP contribution in [0.15, 0.2) is 30.3 Å². The van der Waals surface area contributed by atoms with Gasteiger partial charge < -0.3 is 5.32 Å². The second-order valence-corrected chi connectivity index (χ2v) is 7.29. The first kappa shape index (κ1) is 14.6. The van der Waals surface area contributed by atoms with Gasteiger partial charge in [-0.15, -0.1) is 11.3 Å². The van der Waals surface area contributed by atoms with Crippen LogP contribution in [0.1, 0.15) is 24.5 Å². The lowest BCUT2D eigenvalue weighted by molar-refractivity contribution is 0.796. The molecular weight excluding hydrogens is 272 g/mol. The molecule has 1 aromatic heterocycles. The first-order valence-corrected chi connectivity index (χ1v) is 8.37. The van der Waals surface area contributed by atoms with Gasteiger partial charge >= 0.3 is 0 Å². The number of nitrogens with zero attached hydrogens (tertiary/aromatic N) is 1. The molecule has 0 spiro atoms. The number of thioether (sulfide) groups is 1. The third kappa shape index (κ3) is 4.06. The lowest BCUT2D eigenvalue weighted by Crippen LogP contribution is -2.06. The average Bonchev–Trinajstić information content (AvgIpc) is 2.81. The molecule has 0 aliphatic rings. The van der Waals surface area contributed by atoms with E-state index < -0.39 is 0 Å². The van der Waals surface area contributed by atoms with Crippen LogP contribution in [0, 0.1) is 0 Å². The van der Waals surface area contributed by atoms with E-state index in [1.165, 1.54) is 15.4 Å². The van der Waals surface area contributed by atoms with Crippen molar-refractivity contribution in [3.8, 4) is 10.4 Å². The molecule has 19 heavy (non-hydrogen) atoms. The Labute approximate surface area is 123 Å². The van der Waals surface area contributed by atoms with Crippen molar-refractivity contribution < 1.29 is 0 Å². The van der Waals surface area contributed by atoms with Gasteiger partial charge in [0.15, 0.2) is 0 Å². The summed E-state index contributed by atoms with van der Waals surface area (Å²) in [5.41, 5.74) is 2.43. The van der Waals surface area contributed by atoms with E-state index in [4.69, 9.17) is 4.98 Å². The smallest absolute Gasteiger partial charge is 0.103 e. The Morgan fingerprint density at radius 2 is 2.00 bits per heavy atom. The van der Waals surface area contributed by atoms with Crippen molar-refractivity contribution >= 4 is 23.1 Å². The molecule has 0 aliphatic heterocycles. The normalized spacial score (nSPS) is 11.2. The minimum Gasteiger partial charge on any atom is -0.314 e. The van der Waals surface area contributed by atoms with Crippen LogP contribution in [0.25, 0.3) is 10.4 Å². The van der Waals surface area contributed by atoms with Gasteiger partial charge in [-0.25, -0.2) is 4.98 Å². The zero-order chi connectivity index (χ0) is 13.7. The SMILES string of the molecule is CNCc1nc(CSC(C)C)sc1-c1ccccc1. The van der Waals surface area contributed by atoms with Gasteiger partial charge in [-0.1, -0.05) is 44.2 Å². The predicted octanol–water partition coefficient (Wildman–Crippen LogP) is 4.17. The fourth-order valence-corrected chi connectivity index (χ4v) is 3.66. The molecule has 2 nitrogen and oxygen atoms in total. The Bertz CT molecular complexity index is 506. The Balaban J connectivity index is 2.25. The monoisotopic (exact) mass is 292 g/mol. The summed E-state index contributed by atoms with van der Waals surface area (Å²) in [6.07, 6.45) is 0. The molecule has 0 amide bonds. The summed E-state index contributed by atoms with van der Waals surface area (Å²) in [6, 6.07) is 10.5. The summed E-state index contributed by atoms with van der Waals surface area (Å²) < 4.78 is 0. The molecule has 2 rings (SSSR count). The second-order valence-electron chi connectivity index (χ2n) is 4.64. The fraction of sp³-hybridized carbons (Fsp3) is 0.400. The van der Waals surface area contributed by atoms with E-state index in [0.717, 1.165) is 18.0 Å².